The Kier molecular flexibility index (Phi) is 4.35. The topological polar surface area (TPSA) is 24.9 Å². The number of nitrogens with zero attached hydrogens (tertiary/aromatic N) is 1. The Hall–Kier alpha value is -0.940. The van der Waals surface area contributed by atoms with Crippen LogP contribution in [-0.4, -0.2) is 4.98 Å². The maximum atomic E-state index is 13.6. The van der Waals surface area contributed by atoms with Gasteiger partial charge in [0, 0.05) is 16.6 Å². The van der Waals surface area contributed by atoms with Crippen molar-refractivity contribution in [1.82, 2.24) is 4.98 Å². The van der Waals surface area contributed by atoms with Gasteiger partial charge in [0.25, 0.3) is 0 Å². The lowest BCUT2D eigenvalue weighted by Gasteiger charge is -2.10. The molecule has 0 aliphatic heterocycles. The van der Waals surface area contributed by atoms with E-state index in [1.807, 2.05) is 19.1 Å². The molecule has 0 saturated heterocycles. The Morgan fingerprint density at radius 2 is 2.00 bits per heavy atom. The molecule has 1 aromatic heterocycles. The second-order valence-corrected chi connectivity index (χ2v) is 5.58. The molecule has 0 bridgehead atoms. The first kappa shape index (κ1) is 13.5. The average molecular weight is 374 g/mol. The van der Waals surface area contributed by atoms with E-state index in [9.17, 15) is 4.39 Å². The van der Waals surface area contributed by atoms with Crippen LogP contribution in [0.4, 0.5) is 10.1 Å². The van der Waals surface area contributed by atoms with Crippen molar-refractivity contribution in [1.29, 1.82) is 0 Å². The van der Waals surface area contributed by atoms with Crippen molar-refractivity contribution < 1.29 is 4.39 Å². The van der Waals surface area contributed by atoms with Crippen molar-refractivity contribution in [3.8, 4) is 0 Å². The molecule has 0 aliphatic rings. The third-order valence-corrected chi connectivity index (χ3v) is 3.46. The molecule has 2 nitrogen and oxygen atoms in total. The normalized spacial score (nSPS) is 10.4. The monoisotopic (exact) mass is 372 g/mol. The van der Waals surface area contributed by atoms with Crippen LogP contribution in [-0.2, 0) is 6.54 Å². The smallest absolute Gasteiger partial charge is 0.128 e. The molecule has 0 radical (unpaired) electrons. The highest BCUT2D eigenvalue weighted by Gasteiger charge is 2.04. The molecule has 0 spiro atoms. The zero-order valence-corrected chi connectivity index (χ0v) is 12.8. The molecule has 1 N–H and O–H groups in total. The maximum Gasteiger partial charge on any atom is 0.128 e. The number of aryl methyl sites for hydroxylation is 1. The van der Waals surface area contributed by atoms with Gasteiger partial charge in [-0.2, -0.15) is 0 Å². The summed E-state index contributed by atoms with van der Waals surface area (Å²) in [4.78, 5) is 4.28. The van der Waals surface area contributed by atoms with Crippen LogP contribution in [0.3, 0.4) is 0 Å². The number of hydrogen-bond acceptors (Lipinski definition) is 2. The van der Waals surface area contributed by atoms with Gasteiger partial charge >= 0.3 is 0 Å². The molecule has 0 unspecified atom stereocenters. The molecule has 0 aliphatic carbocycles. The first-order valence-corrected chi connectivity index (χ1v) is 6.96. The summed E-state index contributed by atoms with van der Waals surface area (Å²) in [6.07, 6.45) is 0. The standard InChI is InChI=1S/C13H11Br2FN2/c1-8-12(4-5-13(15)18-8)17-7-9-6-10(14)2-3-11(9)16/h2-6,17H,7H2,1H3. The number of rotatable bonds is 3. The fraction of sp³-hybridized carbons (Fsp3) is 0.154. The van der Waals surface area contributed by atoms with Crippen LogP contribution in [0, 0.1) is 12.7 Å². The van der Waals surface area contributed by atoms with Crippen molar-refractivity contribution in [3.63, 3.8) is 0 Å². The fourth-order valence-electron chi connectivity index (χ4n) is 1.59. The molecule has 18 heavy (non-hydrogen) atoms. The van der Waals surface area contributed by atoms with Gasteiger partial charge in [-0.3, -0.25) is 0 Å². The Balaban J connectivity index is 2.13. The predicted molar refractivity (Wildman–Crippen MR) is 78.1 cm³/mol. The Bertz CT molecular complexity index is 573. The molecular formula is C13H11Br2FN2. The zero-order chi connectivity index (χ0) is 13.1. The van der Waals surface area contributed by atoms with Gasteiger partial charge in [-0.25, -0.2) is 9.37 Å². The number of nitrogens with one attached hydrogen (secondary N) is 1. The predicted octanol–water partition coefficient (Wildman–Crippen LogP) is 4.67. The van der Waals surface area contributed by atoms with E-state index >= 15 is 0 Å². The van der Waals surface area contributed by atoms with Crippen LogP contribution in [0.25, 0.3) is 0 Å². The first-order valence-electron chi connectivity index (χ1n) is 5.37. The Morgan fingerprint density at radius 3 is 2.72 bits per heavy atom. The second-order valence-electron chi connectivity index (χ2n) is 3.86. The van der Waals surface area contributed by atoms with Gasteiger partial charge in [0.15, 0.2) is 0 Å². The summed E-state index contributed by atoms with van der Waals surface area (Å²) >= 11 is 6.64. The van der Waals surface area contributed by atoms with Gasteiger partial charge in [0.05, 0.1) is 11.4 Å². The lowest BCUT2D eigenvalue weighted by molar-refractivity contribution is 0.612. The van der Waals surface area contributed by atoms with E-state index in [0.717, 1.165) is 20.5 Å². The fourth-order valence-corrected chi connectivity index (χ4v) is 2.39. The van der Waals surface area contributed by atoms with Crippen molar-refractivity contribution >= 4 is 37.5 Å². The van der Waals surface area contributed by atoms with E-state index in [1.54, 1.807) is 12.1 Å². The largest absolute Gasteiger partial charge is 0.379 e. The molecule has 0 amide bonds. The summed E-state index contributed by atoms with van der Waals surface area (Å²) in [5, 5.41) is 3.18. The number of anilines is 1. The van der Waals surface area contributed by atoms with Crippen LogP contribution in [0.2, 0.25) is 0 Å². The van der Waals surface area contributed by atoms with Crippen LogP contribution < -0.4 is 5.32 Å². The van der Waals surface area contributed by atoms with Gasteiger partial charge in [0.1, 0.15) is 10.4 Å². The van der Waals surface area contributed by atoms with E-state index in [-0.39, 0.29) is 5.82 Å². The average Bonchev–Trinajstić information content (AvgIpc) is 2.32. The Labute approximate surface area is 122 Å². The van der Waals surface area contributed by atoms with Gasteiger partial charge < -0.3 is 5.32 Å². The third-order valence-electron chi connectivity index (χ3n) is 2.53. The van der Waals surface area contributed by atoms with Crippen molar-refractivity contribution in [2.45, 2.75) is 13.5 Å². The molecular weight excluding hydrogens is 363 g/mol. The molecule has 2 aromatic rings. The van der Waals surface area contributed by atoms with Crippen LogP contribution in [0.15, 0.2) is 39.4 Å². The molecule has 2 rings (SSSR count). The highest BCUT2D eigenvalue weighted by molar-refractivity contribution is 9.10. The van der Waals surface area contributed by atoms with Gasteiger partial charge in [-0.05, 0) is 53.2 Å². The highest BCUT2D eigenvalue weighted by Crippen LogP contribution is 2.19. The first-order chi connectivity index (χ1) is 8.56. The van der Waals surface area contributed by atoms with Gasteiger partial charge in [-0.15, -0.1) is 0 Å². The Morgan fingerprint density at radius 1 is 1.22 bits per heavy atom. The lowest BCUT2D eigenvalue weighted by Crippen LogP contribution is -2.04. The molecule has 0 saturated carbocycles. The minimum atomic E-state index is -0.214. The van der Waals surface area contributed by atoms with Crippen LogP contribution in [0.1, 0.15) is 11.3 Å². The van der Waals surface area contributed by atoms with E-state index in [1.165, 1.54) is 6.07 Å². The summed E-state index contributed by atoms with van der Waals surface area (Å²) in [6, 6.07) is 8.68. The van der Waals surface area contributed by atoms with Crippen molar-refractivity contribution in [2.75, 3.05) is 5.32 Å². The third kappa shape index (κ3) is 3.29. The molecule has 1 heterocycles. The van der Waals surface area contributed by atoms with Crippen molar-refractivity contribution in [3.05, 3.63) is 56.5 Å². The summed E-state index contributed by atoms with van der Waals surface area (Å²) in [6.45, 7) is 2.33. The molecule has 1 aromatic carbocycles. The van der Waals surface area contributed by atoms with Crippen LogP contribution >= 0.6 is 31.9 Å². The summed E-state index contributed by atoms with van der Waals surface area (Å²) in [5.41, 5.74) is 2.39. The maximum absolute atomic E-state index is 13.6. The van der Waals surface area contributed by atoms with Gasteiger partial charge in [-0.1, -0.05) is 15.9 Å². The number of benzene rings is 1. The van der Waals surface area contributed by atoms with E-state index < -0.39 is 0 Å². The lowest BCUT2D eigenvalue weighted by atomic mass is 10.2. The number of aromatic nitrogens is 1. The minimum Gasteiger partial charge on any atom is -0.379 e. The summed E-state index contributed by atoms with van der Waals surface area (Å²) in [7, 11) is 0. The van der Waals surface area contributed by atoms with E-state index in [0.29, 0.717) is 12.1 Å². The summed E-state index contributed by atoms with van der Waals surface area (Å²) < 4.78 is 15.2. The van der Waals surface area contributed by atoms with E-state index in [4.69, 9.17) is 0 Å². The van der Waals surface area contributed by atoms with Crippen LogP contribution in [0.5, 0.6) is 0 Å². The van der Waals surface area contributed by atoms with Crippen molar-refractivity contribution in [2.24, 2.45) is 0 Å². The zero-order valence-electron chi connectivity index (χ0n) is 9.67. The van der Waals surface area contributed by atoms with Gasteiger partial charge in [0.2, 0.25) is 0 Å². The molecule has 5 heteroatoms. The van der Waals surface area contributed by atoms with E-state index in [2.05, 4.69) is 42.2 Å². The minimum absolute atomic E-state index is 0.214. The summed E-state index contributed by atoms with van der Waals surface area (Å²) in [5.74, 6) is -0.214. The SMILES string of the molecule is Cc1nc(Br)ccc1NCc1cc(Br)ccc1F. The molecule has 0 fully saturated rings. The number of halogens is 3. The number of hydrogen-bond donors (Lipinski definition) is 1. The quantitative estimate of drug-likeness (QED) is 0.791. The highest BCUT2D eigenvalue weighted by atomic mass is 79.9. The second kappa shape index (κ2) is 5.80. The molecule has 94 valence electrons. The number of pyridine rings is 1. The molecule has 0 atom stereocenters.